The molecule has 0 atom stereocenters. The number of nitrogens with one attached hydrogen (secondary N) is 2. The molecule has 0 saturated heterocycles. The number of pyridine rings is 2. The van der Waals surface area contributed by atoms with Crippen LogP contribution >= 0.6 is 0 Å². The van der Waals surface area contributed by atoms with Crippen LogP contribution in [0.1, 0.15) is 110 Å². The van der Waals surface area contributed by atoms with E-state index >= 15 is 0 Å². The molecule has 2 N–H and O–H groups in total. The van der Waals surface area contributed by atoms with Gasteiger partial charge in [0.05, 0.1) is 26.0 Å². The Hall–Kier alpha value is -4.25. The number of methoxy groups -OCH3 is 2. The van der Waals surface area contributed by atoms with Crippen molar-refractivity contribution in [2.45, 2.75) is 106 Å². The Morgan fingerprint density at radius 3 is 1.85 bits per heavy atom. The Kier molecular flexibility index (Phi) is 15.1. The van der Waals surface area contributed by atoms with Crippen LogP contribution < -0.4 is 26.5 Å². The third kappa shape index (κ3) is 10.6. The summed E-state index contributed by atoms with van der Waals surface area (Å²) in [5.74, 6) is -0.456. The molecule has 47 heavy (non-hydrogen) atoms. The minimum absolute atomic E-state index is 0.0411. The Labute approximate surface area is 277 Å². The van der Waals surface area contributed by atoms with Crippen molar-refractivity contribution < 1.29 is 23.5 Å². The average molecular weight is 655 g/mol. The number of rotatable bonds is 13. The maximum Gasteiger partial charge on any atom is 0.263 e. The first-order chi connectivity index (χ1) is 22.2. The SMILES string of the molecule is CCCCn1c(COC)c(OC)cc(C(=O)NC(C)C)c1=O.Cc1cc(C(=O)NC(C)C)c(=O)n(Cc2ccc(F)cc2)c1C(C)C. The lowest BCUT2D eigenvalue weighted by atomic mass is 10.0. The zero-order valence-corrected chi connectivity index (χ0v) is 29.5. The predicted octanol–water partition coefficient (Wildman–Crippen LogP) is 5.55. The summed E-state index contributed by atoms with van der Waals surface area (Å²) < 4.78 is 26.9. The van der Waals surface area contributed by atoms with E-state index in [0.29, 0.717) is 24.5 Å². The van der Waals surface area contributed by atoms with Crippen molar-refractivity contribution in [3.8, 4) is 5.75 Å². The second kappa shape index (κ2) is 18.2. The average Bonchev–Trinajstić information content (AvgIpc) is 2.99. The van der Waals surface area contributed by atoms with E-state index < -0.39 is 0 Å². The smallest absolute Gasteiger partial charge is 0.263 e. The molecule has 2 heterocycles. The first-order valence-electron chi connectivity index (χ1n) is 16.1. The first-order valence-corrected chi connectivity index (χ1v) is 16.1. The molecule has 0 fully saturated rings. The number of aromatic nitrogens is 2. The fourth-order valence-corrected chi connectivity index (χ4v) is 5.21. The highest BCUT2D eigenvalue weighted by Gasteiger charge is 2.21. The number of halogens is 1. The molecule has 0 aliphatic heterocycles. The molecule has 2 amide bonds. The quantitative estimate of drug-likeness (QED) is 0.250. The van der Waals surface area contributed by atoms with E-state index in [9.17, 15) is 23.6 Å². The fourth-order valence-electron chi connectivity index (χ4n) is 5.21. The van der Waals surface area contributed by atoms with Crippen LogP contribution in [0.4, 0.5) is 4.39 Å². The minimum Gasteiger partial charge on any atom is -0.495 e. The van der Waals surface area contributed by atoms with Gasteiger partial charge >= 0.3 is 0 Å². The molecule has 0 unspecified atom stereocenters. The zero-order valence-electron chi connectivity index (χ0n) is 29.5. The van der Waals surface area contributed by atoms with Gasteiger partial charge in [0.2, 0.25) is 0 Å². The van der Waals surface area contributed by atoms with Gasteiger partial charge in [-0.1, -0.05) is 39.3 Å². The maximum absolute atomic E-state index is 13.1. The number of carbonyl (C=O) groups is 2. The van der Waals surface area contributed by atoms with E-state index in [2.05, 4.69) is 10.6 Å². The number of hydrogen-bond donors (Lipinski definition) is 2. The second-order valence-electron chi connectivity index (χ2n) is 12.4. The molecule has 3 rings (SSSR count). The summed E-state index contributed by atoms with van der Waals surface area (Å²) in [6.45, 7) is 16.5. The molecule has 1 aromatic carbocycles. The van der Waals surface area contributed by atoms with Gasteiger partial charge in [0.15, 0.2) is 0 Å². The molecule has 0 bridgehead atoms. The molecule has 0 aliphatic rings. The highest BCUT2D eigenvalue weighted by molar-refractivity contribution is 5.95. The molecule has 0 radical (unpaired) electrons. The largest absolute Gasteiger partial charge is 0.495 e. The summed E-state index contributed by atoms with van der Waals surface area (Å²) in [7, 11) is 3.08. The monoisotopic (exact) mass is 654 g/mol. The van der Waals surface area contributed by atoms with Crippen LogP contribution in [0.5, 0.6) is 5.75 Å². The van der Waals surface area contributed by atoms with Crippen molar-refractivity contribution >= 4 is 11.8 Å². The van der Waals surface area contributed by atoms with Crippen LogP contribution in [-0.4, -0.2) is 47.3 Å². The maximum atomic E-state index is 13.1. The number of carbonyl (C=O) groups excluding carboxylic acids is 2. The molecular weight excluding hydrogens is 603 g/mol. The number of unbranched alkanes of at least 4 members (excludes halogenated alkanes) is 1. The van der Waals surface area contributed by atoms with Gasteiger partial charge in [-0.3, -0.25) is 19.2 Å². The highest BCUT2D eigenvalue weighted by atomic mass is 19.1. The van der Waals surface area contributed by atoms with Gasteiger partial charge in [-0.05, 0) is 76.3 Å². The van der Waals surface area contributed by atoms with E-state index in [0.717, 1.165) is 29.7 Å². The van der Waals surface area contributed by atoms with Gasteiger partial charge in [-0.15, -0.1) is 0 Å². The van der Waals surface area contributed by atoms with E-state index in [1.54, 1.807) is 34.4 Å². The number of ether oxygens (including phenoxy) is 2. The van der Waals surface area contributed by atoms with Crippen LogP contribution in [0.2, 0.25) is 0 Å². The molecule has 0 aliphatic carbocycles. The van der Waals surface area contributed by atoms with E-state index in [1.807, 2.05) is 55.4 Å². The molecule has 10 nitrogen and oxygen atoms in total. The molecule has 3 aromatic rings. The van der Waals surface area contributed by atoms with Gasteiger partial charge in [0.25, 0.3) is 22.9 Å². The molecule has 0 spiro atoms. The summed E-state index contributed by atoms with van der Waals surface area (Å²) in [4.78, 5) is 50.2. The van der Waals surface area contributed by atoms with Crippen LogP contribution in [0, 0.1) is 12.7 Å². The summed E-state index contributed by atoms with van der Waals surface area (Å²) in [5, 5.41) is 5.52. The second-order valence-corrected chi connectivity index (χ2v) is 12.4. The normalized spacial score (nSPS) is 11.0. The number of aryl methyl sites for hydroxylation is 1. The van der Waals surface area contributed by atoms with Crippen molar-refractivity contribution in [2.75, 3.05) is 14.2 Å². The standard InChI is InChI=1S/C20H25FN2O2.C16H26N2O4/c1-12(2)18-14(5)10-17(19(24)22-13(3)4)20(25)23(18)11-15-6-8-16(21)9-7-15;1-6-7-8-18-13(10-21-4)14(22-5)9-12(16(18)20)15(19)17-11(2)3/h6-10,12-13H,11H2,1-5H3,(H,22,24);9,11H,6-8,10H2,1-5H3,(H,17,19). The van der Waals surface area contributed by atoms with Crippen LogP contribution in [0.3, 0.4) is 0 Å². The lowest BCUT2D eigenvalue weighted by molar-refractivity contribution is 0.0931. The van der Waals surface area contributed by atoms with Gasteiger partial charge in [-0.25, -0.2) is 4.39 Å². The molecule has 11 heteroatoms. The molecule has 0 saturated carbocycles. The van der Waals surface area contributed by atoms with Gasteiger partial charge in [0.1, 0.15) is 22.7 Å². The van der Waals surface area contributed by atoms with Crippen molar-refractivity contribution in [1.82, 2.24) is 19.8 Å². The lowest BCUT2D eigenvalue weighted by Gasteiger charge is -2.20. The Balaban J connectivity index is 0.000000330. The molecule has 2 aromatic heterocycles. The van der Waals surface area contributed by atoms with Gasteiger partial charge in [-0.2, -0.15) is 0 Å². The Bertz CT molecular complexity index is 1620. The van der Waals surface area contributed by atoms with Gasteiger partial charge < -0.3 is 29.2 Å². The highest BCUT2D eigenvalue weighted by Crippen LogP contribution is 2.21. The predicted molar refractivity (Wildman–Crippen MR) is 183 cm³/mol. The minimum atomic E-state index is -0.382. The number of benzene rings is 1. The van der Waals surface area contributed by atoms with Crippen molar-refractivity contribution in [3.63, 3.8) is 0 Å². The molecule has 258 valence electrons. The van der Waals surface area contributed by atoms with Crippen LogP contribution in [-0.2, 0) is 24.4 Å². The summed E-state index contributed by atoms with van der Waals surface area (Å²) in [6, 6.07) is 9.12. The number of nitrogens with zero attached hydrogens (tertiary/aromatic N) is 2. The first kappa shape index (κ1) is 38.9. The molecular formula is C36H51FN4O6. The van der Waals surface area contributed by atoms with Crippen molar-refractivity contribution in [1.29, 1.82) is 0 Å². The third-order valence-electron chi connectivity index (χ3n) is 7.26. The number of hydrogen-bond acceptors (Lipinski definition) is 6. The van der Waals surface area contributed by atoms with Crippen molar-refractivity contribution in [3.05, 3.63) is 96.6 Å². The van der Waals surface area contributed by atoms with Gasteiger partial charge in [0, 0.05) is 37.5 Å². The Morgan fingerprint density at radius 2 is 1.38 bits per heavy atom. The van der Waals surface area contributed by atoms with Crippen LogP contribution in [0.25, 0.3) is 0 Å². The lowest BCUT2D eigenvalue weighted by Crippen LogP contribution is -2.38. The summed E-state index contributed by atoms with van der Waals surface area (Å²) >= 11 is 0. The van der Waals surface area contributed by atoms with E-state index in [4.69, 9.17) is 9.47 Å². The van der Waals surface area contributed by atoms with E-state index in [-0.39, 0.29) is 64.5 Å². The summed E-state index contributed by atoms with van der Waals surface area (Å²) in [5.41, 5.74) is 2.85. The van der Waals surface area contributed by atoms with Crippen LogP contribution in [0.15, 0.2) is 46.0 Å². The third-order valence-corrected chi connectivity index (χ3v) is 7.26. The summed E-state index contributed by atoms with van der Waals surface area (Å²) in [6.07, 6.45) is 1.79. The number of amides is 2. The topological polar surface area (TPSA) is 121 Å². The Morgan fingerprint density at radius 1 is 0.851 bits per heavy atom. The van der Waals surface area contributed by atoms with E-state index in [1.165, 1.54) is 25.3 Å². The zero-order chi connectivity index (χ0) is 35.4. The van der Waals surface area contributed by atoms with Crippen molar-refractivity contribution in [2.24, 2.45) is 0 Å². The fraction of sp³-hybridized carbons (Fsp3) is 0.500.